The summed E-state index contributed by atoms with van der Waals surface area (Å²) in [6.45, 7) is 0. The molecule has 0 N–H and O–H groups in total. The number of hydrogen-bond acceptors (Lipinski definition) is 3. The maximum atomic E-state index is 5.22. The van der Waals surface area contributed by atoms with E-state index < -0.39 is 0 Å². The summed E-state index contributed by atoms with van der Waals surface area (Å²) in [5.41, 5.74) is 16.4. The Hall–Kier alpha value is -9.19. The summed E-state index contributed by atoms with van der Waals surface area (Å²) >= 11 is 0. The number of aromatic nitrogens is 5. The van der Waals surface area contributed by atoms with Crippen molar-refractivity contribution in [3.8, 4) is 78.9 Å². The van der Waals surface area contributed by atoms with E-state index in [1.807, 2.05) is 18.2 Å². The van der Waals surface area contributed by atoms with Crippen LogP contribution < -0.4 is 0 Å². The summed E-state index contributed by atoms with van der Waals surface area (Å²) in [4.78, 5) is 15.5. The zero-order valence-corrected chi connectivity index (χ0v) is 36.9. The first-order valence-corrected chi connectivity index (χ1v) is 23.0. The normalized spacial score (nSPS) is 11.5. The van der Waals surface area contributed by atoms with Gasteiger partial charge < -0.3 is 9.13 Å². The molecule has 0 saturated carbocycles. The summed E-state index contributed by atoms with van der Waals surface area (Å²) < 4.78 is 4.74. The van der Waals surface area contributed by atoms with E-state index in [0.29, 0.717) is 17.5 Å². The first kappa shape index (κ1) is 39.2. The minimum atomic E-state index is 0.609. The van der Waals surface area contributed by atoms with Crippen LogP contribution in [0.1, 0.15) is 0 Å². The van der Waals surface area contributed by atoms with E-state index in [4.69, 9.17) is 15.0 Å². The average Bonchev–Trinajstić information content (AvgIpc) is 3.94. The summed E-state index contributed by atoms with van der Waals surface area (Å²) in [6, 6.07) is 88.3. The lowest BCUT2D eigenvalue weighted by molar-refractivity contribution is 1.07. The minimum Gasteiger partial charge on any atom is -0.309 e. The van der Waals surface area contributed by atoms with Crippen LogP contribution in [0.4, 0.5) is 0 Å². The molecule has 3 heterocycles. The third-order valence-corrected chi connectivity index (χ3v) is 13.2. The van der Waals surface area contributed by atoms with Crippen molar-refractivity contribution in [2.45, 2.75) is 0 Å². The third-order valence-electron chi connectivity index (χ3n) is 13.2. The molecule has 0 spiro atoms. The third kappa shape index (κ3) is 6.76. The van der Waals surface area contributed by atoms with Gasteiger partial charge in [0, 0.05) is 49.5 Å². The topological polar surface area (TPSA) is 48.5 Å². The summed E-state index contributed by atoms with van der Waals surface area (Å²) in [6.07, 6.45) is 0. The van der Waals surface area contributed by atoms with Crippen molar-refractivity contribution in [2.24, 2.45) is 0 Å². The van der Waals surface area contributed by atoms with Crippen molar-refractivity contribution in [3.05, 3.63) is 249 Å². The molecule has 68 heavy (non-hydrogen) atoms. The molecule has 0 radical (unpaired) electrons. The smallest absolute Gasteiger partial charge is 0.164 e. The highest BCUT2D eigenvalue weighted by atomic mass is 15.0. The van der Waals surface area contributed by atoms with E-state index in [1.54, 1.807) is 0 Å². The Bertz CT molecular complexity index is 3890. The van der Waals surface area contributed by atoms with Crippen molar-refractivity contribution < 1.29 is 0 Å². The second-order valence-electron chi connectivity index (χ2n) is 17.2. The van der Waals surface area contributed by atoms with Gasteiger partial charge in [-0.3, -0.25) is 0 Å². The standard InChI is InChI=1S/C63H41N5/c1-3-16-42(17-4-1)43-30-32-44(33-31-43)48-38-39-60(68-58-28-13-9-24-53(58)54-25-10-14-29-59(54)68)55(41-48)45-34-36-47(37-35-45)62-64-61(46-18-5-2-6-19-46)65-63(66-62)49-20-15-21-50(40-49)67-56-26-11-7-22-51(56)52-23-8-12-27-57(52)67/h1-41H. The lowest BCUT2D eigenvalue weighted by Gasteiger charge is -2.17. The monoisotopic (exact) mass is 867 g/mol. The molecule has 318 valence electrons. The second kappa shape index (κ2) is 16.4. The highest BCUT2D eigenvalue weighted by Gasteiger charge is 2.19. The molecule has 13 rings (SSSR count). The van der Waals surface area contributed by atoms with Crippen molar-refractivity contribution in [2.75, 3.05) is 0 Å². The largest absolute Gasteiger partial charge is 0.309 e. The first-order valence-electron chi connectivity index (χ1n) is 23.0. The fraction of sp³-hybridized carbons (Fsp3) is 0. The molecule has 5 heteroatoms. The number of rotatable bonds is 8. The van der Waals surface area contributed by atoms with Gasteiger partial charge in [0.05, 0.1) is 27.8 Å². The Morgan fingerprint density at radius 1 is 0.235 bits per heavy atom. The molecular weight excluding hydrogens is 827 g/mol. The maximum Gasteiger partial charge on any atom is 0.164 e. The fourth-order valence-electron chi connectivity index (χ4n) is 9.94. The van der Waals surface area contributed by atoms with E-state index in [9.17, 15) is 0 Å². The fourth-order valence-corrected chi connectivity index (χ4v) is 9.94. The summed E-state index contributed by atoms with van der Waals surface area (Å²) in [5, 5.41) is 4.89. The molecule has 0 aliphatic carbocycles. The zero-order valence-electron chi connectivity index (χ0n) is 36.9. The number of fused-ring (bicyclic) bond motifs is 6. The van der Waals surface area contributed by atoms with Crippen LogP contribution >= 0.6 is 0 Å². The maximum absolute atomic E-state index is 5.22. The second-order valence-corrected chi connectivity index (χ2v) is 17.2. The van der Waals surface area contributed by atoms with Crippen LogP contribution in [-0.4, -0.2) is 24.1 Å². The molecule has 0 fully saturated rings. The lowest BCUT2D eigenvalue weighted by Crippen LogP contribution is -2.01. The molecule has 10 aromatic carbocycles. The van der Waals surface area contributed by atoms with Gasteiger partial charge >= 0.3 is 0 Å². The molecular formula is C63H41N5. The molecule has 0 unspecified atom stereocenters. The van der Waals surface area contributed by atoms with Crippen LogP contribution in [0.2, 0.25) is 0 Å². The van der Waals surface area contributed by atoms with Crippen LogP contribution in [-0.2, 0) is 0 Å². The summed E-state index contributed by atoms with van der Waals surface area (Å²) in [5.74, 6) is 1.84. The Labute approximate surface area is 393 Å². The van der Waals surface area contributed by atoms with Gasteiger partial charge in [0.2, 0.25) is 0 Å². The number of para-hydroxylation sites is 4. The summed E-state index contributed by atoms with van der Waals surface area (Å²) in [7, 11) is 0. The van der Waals surface area contributed by atoms with Gasteiger partial charge in [-0.1, -0.05) is 200 Å². The molecule has 0 aliphatic heterocycles. The Kier molecular flexibility index (Phi) is 9.43. The van der Waals surface area contributed by atoms with Gasteiger partial charge in [0.15, 0.2) is 17.5 Å². The Morgan fingerprint density at radius 3 is 1.15 bits per heavy atom. The van der Waals surface area contributed by atoms with Crippen molar-refractivity contribution in [3.63, 3.8) is 0 Å². The molecule has 0 atom stereocenters. The van der Waals surface area contributed by atoms with E-state index in [2.05, 4.69) is 240 Å². The quantitative estimate of drug-likeness (QED) is 0.153. The van der Waals surface area contributed by atoms with Gasteiger partial charge in [-0.25, -0.2) is 15.0 Å². The molecule has 0 amide bonds. The number of hydrogen-bond donors (Lipinski definition) is 0. The van der Waals surface area contributed by atoms with E-state index in [-0.39, 0.29) is 0 Å². The van der Waals surface area contributed by atoms with Crippen LogP contribution in [0.5, 0.6) is 0 Å². The van der Waals surface area contributed by atoms with Gasteiger partial charge in [-0.15, -0.1) is 0 Å². The molecule has 3 aromatic heterocycles. The van der Waals surface area contributed by atoms with Crippen molar-refractivity contribution in [1.29, 1.82) is 0 Å². The van der Waals surface area contributed by atoms with E-state index >= 15 is 0 Å². The molecule has 0 saturated heterocycles. The highest BCUT2D eigenvalue weighted by Crippen LogP contribution is 2.40. The van der Waals surface area contributed by atoms with Crippen molar-refractivity contribution in [1.82, 2.24) is 24.1 Å². The molecule has 13 aromatic rings. The first-order chi connectivity index (χ1) is 33.7. The van der Waals surface area contributed by atoms with E-state index in [1.165, 1.54) is 43.7 Å². The average molecular weight is 868 g/mol. The van der Waals surface area contributed by atoms with Crippen LogP contribution in [0.3, 0.4) is 0 Å². The Morgan fingerprint density at radius 2 is 0.603 bits per heavy atom. The van der Waals surface area contributed by atoms with Crippen molar-refractivity contribution >= 4 is 43.6 Å². The predicted molar refractivity (Wildman–Crippen MR) is 281 cm³/mol. The minimum absolute atomic E-state index is 0.609. The van der Waals surface area contributed by atoms with Gasteiger partial charge in [0.25, 0.3) is 0 Å². The molecule has 0 bridgehead atoms. The van der Waals surface area contributed by atoms with E-state index in [0.717, 1.165) is 61.4 Å². The molecule has 0 aliphatic rings. The van der Waals surface area contributed by atoms with Gasteiger partial charge in [-0.05, 0) is 76.3 Å². The van der Waals surface area contributed by atoms with Gasteiger partial charge in [0.1, 0.15) is 0 Å². The van der Waals surface area contributed by atoms with Crippen LogP contribution in [0.25, 0.3) is 123 Å². The number of nitrogens with zero attached hydrogens (tertiary/aromatic N) is 5. The van der Waals surface area contributed by atoms with Gasteiger partial charge in [-0.2, -0.15) is 0 Å². The predicted octanol–water partition coefficient (Wildman–Crippen LogP) is 16.1. The zero-order chi connectivity index (χ0) is 45.0. The Balaban J connectivity index is 0.941. The highest BCUT2D eigenvalue weighted by molar-refractivity contribution is 6.10. The SMILES string of the molecule is c1ccc(-c2ccc(-c3ccc(-n4c5ccccc5c5ccccc54)c(-c4ccc(-c5nc(-c6ccccc6)nc(-c6cccc(-n7c8ccccc8c8ccccc87)c6)n5)cc4)c3)cc2)cc1. The lowest BCUT2D eigenvalue weighted by atomic mass is 9.95. The van der Waals surface area contributed by atoms with Crippen LogP contribution in [0, 0.1) is 0 Å². The molecule has 5 nitrogen and oxygen atoms in total. The van der Waals surface area contributed by atoms with Crippen LogP contribution in [0.15, 0.2) is 249 Å². The number of benzene rings is 10.